The van der Waals surface area contributed by atoms with Crippen molar-refractivity contribution in [2.24, 2.45) is 35.0 Å². The van der Waals surface area contributed by atoms with E-state index < -0.39 is 0 Å². The summed E-state index contributed by atoms with van der Waals surface area (Å²) in [6.07, 6.45) is 5.91. The Hall–Kier alpha value is 0. The molecule has 0 bridgehead atoms. The van der Waals surface area contributed by atoms with Crippen LogP contribution in [-0.4, -0.2) is 0 Å². The predicted octanol–water partition coefficient (Wildman–Crippen LogP) is 4.74. The lowest BCUT2D eigenvalue weighted by atomic mass is 9.67. The summed E-state index contributed by atoms with van der Waals surface area (Å²) < 4.78 is 0. The number of hydrogen-bond acceptors (Lipinski definition) is 0. The molecule has 15 heavy (non-hydrogen) atoms. The van der Waals surface area contributed by atoms with Gasteiger partial charge < -0.3 is 0 Å². The highest BCUT2D eigenvalue weighted by atomic mass is 14.7. The highest BCUT2D eigenvalue weighted by Gasteiger charge is 2.64. The lowest BCUT2D eigenvalue weighted by Gasteiger charge is -2.38. The second-order valence-electron chi connectivity index (χ2n) is 6.74. The van der Waals surface area contributed by atoms with Gasteiger partial charge in [-0.05, 0) is 54.3 Å². The Balaban J connectivity index is 2.12. The Labute approximate surface area is 95.8 Å². The third kappa shape index (κ3) is 1.65. The van der Waals surface area contributed by atoms with Gasteiger partial charge in [-0.25, -0.2) is 0 Å². The minimum atomic E-state index is 0.725. The third-order valence-corrected chi connectivity index (χ3v) is 5.74. The maximum atomic E-state index is 2.58. The summed E-state index contributed by atoms with van der Waals surface area (Å²) in [7, 11) is 0. The Morgan fingerprint density at radius 1 is 1.27 bits per heavy atom. The maximum Gasteiger partial charge on any atom is -0.0235 e. The van der Waals surface area contributed by atoms with E-state index in [1.54, 1.807) is 0 Å². The summed E-state index contributed by atoms with van der Waals surface area (Å²) in [4.78, 5) is 0. The minimum Gasteiger partial charge on any atom is -0.0651 e. The molecule has 2 saturated carbocycles. The van der Waals surface area contributed by atoms with Crippen molar-refractivity contribution in [3.05, 3.63) is 0 Å². The molecule has 88 valence electrons. The van der Waals surface area contributed by atoms with Crippen molar-refractivity contribution < 1.29 is 0 Å². The summed E-state index contributed by atoms with van der Waals surface area (Å²) in [6, 6.07) is 0. The van der Waals surface area contributed by atoms with Crippen LogP contribution in [0, 0.1) is 35.0 Å². The molecule has 0 aromatic carbocycles. The van der Waals surface area contributed by atoms with Gasteiger partial charge in [0, 0.05) is 0 Å². The van der Waals surface area contributed by atoms with Gasteiger partial charge >= 0.3 is 0 Å². The molecule has 2 rings (SSSR count). The average molecular weight is 208 g/mol. The van der Waals surface area contributed by atoms with Gasteiger partial charge in [-0.2, -0.15) is 0 Å². The summed E-state index contributed by atoms with van der Waals surface area (Å²) >= 11 is 0. The monoisotopic (exact) mass is 208 g/mol. The first kappa shape index (κ1) is 11.5. The van der Waals surface area contributed by atoms with E-state index in [0.29, 0.717) is 0 Å². The van der Waals surface area contributed by atoms with Gasteiger partial charge in [0.25, 0.3) is 0 Å². The zero-order valence-electron chi connectivity index (χ0n) is 11.2. The summed E-state index contributed by atoms with van der Waals surface area (Å²) in [6.45, 7) is 12.3. The van der Waals surface area contributed by atoms with E-state index in [9.17, 15) is 0 Å². The van der Waals surface area contributed by atoms with Crippen LogP contribution in [0.4, 0.5) is 0 Å². The number of rotatable bonds is 3. The lowest BCUT2D eigenvalue weighted by molar-refractivity contribution is 0.116. The molecular weight excluding hydrogens is 180 g/mol. The number of hydrogen-bond donors (Lipinski definition) is 0. The van der Waals surface area contributed by atoms with E-state index in [4.69, 9.17) is 0 Å². The zero-order chi connectivity index (χ0) is 11.2. The first-order valence-corrected chi connectivity index (χ1v) is 7.01. The van der Waals surface area contributed by atoms with Crippen molar-refractivity contribution in [1.82, 2.24) is 0 Å². The molecule has 0 radical (unpaired) electrons. The fourth-order valence-corrected chi connectivity index (χ4v) is 4.58. The van der Waals surface area contributed by atoms with E-state index in [0.717, 1.165) is 35.0 Å². The molecule has 5 unspecified atom stereocenters. The van der Waals surface area contributed by atoms with Gasteiger partial charge in [-0.3, -0.25) is 0 Å². The molecule has 0 spiro atoms. The van der Waals surface area contributed by atoms with E-state index >= 15 is 0 Å². The topological polar surface area (TPSA) is 0 Å². The second kappa shape index (κ2) is 3.79. The largest absolute Gasteiger partial charge is 0.0651 e. The molecule has 0 nitrogen and oxygen atoms in total. The van der Waals surface area contributed by atoms with Crippen LogP contribution < -0.4 is 0 Å². The maximum absolute atomic E-state index is 2.58. The van der Waals surface area contributed by atoms with E-state index in [-0.39, 0.29) is 0 Å². The molecule has 0 saturated heterocycles. The van der Waals surface area contributed by atoms with Gasteiger partial charge in [-0.1, -0.05) is 41.0 Å². The average Bonchev–Trinajstić information content (AvgIpc) is 2.71. The Morgan fingerprint density at radius 3 is 2.47 bits per heavy atom. The van der Waals surface area contributed by atoms with E-state index in [1.165, 1.54) is 25.7 Å². The standard InChI is InChI=1S/C15H28/c1-6-12-7-8-13-11(4)15(13,5)14(12)9-10(2)3/h10-14H,6-9H2,1-5H3. The SMILES string of the molecule is CCC1CCC2C(C)C2(C)C1CC(C)C. The highest BCUT2D eigenvalue weighted by molar-refractivity contribution is 5.12. The van der Waals surface area contributed by atoms with Crippen LogP contribution in [-0.2, 0) is 0 Å². The smallest absolute Gasteiger partial charge is 0.0235 e. The van der Waals surface area contributed by atoms with Gasteiger partial charge in [0.1, 0.15) is 0 Å². The Bertz CT molecular complexity index is 230. The fourth-order valence-electron chi connectivity index (χ4n) is 4.58. The molecule has 0 aromatic rings. The lowest BCUT2D eigenvalue weighted by Crippen LogP contribution is -2.30. The quantitative estimate of drug-likeness (QED) is 0.628. The van der Waals surface area contributed by atoms with E-state index in [1.807, 2.05) is 0 Å². The molecule has 2 aliphatic carbocycles. The van der Waals surface area contributed by atoms with Crippen molar-refractivity contribution >= 4 is 0 Å². The van der Waals surface area contributed by atoms with Crippen LogP contribution >= 0.6 is 0 Å². The summed E-state index contributed by atoms with van der Waals surface area (Å²) in [5, 5.41) is 0. The van der Waals surface area contributed by atoms with Crippen LogP contribution in [0.3, 0.4) is 0 Å². The van der Waals surface area contributed by atoms with Crippen LogP contribution in [0.1, 0.15) is 60.3 Å². The van der Waals surface area contributed by atoms with Crippen LogP contribution in [0.2, 0.25) is 0 Å². The van der Waals surface area contributed by atoms with Gasteiger partial charge in [0.2, 0.25) is 0 Å². The molecule has 2 aliphatic rings. The molecule has 2 fully saturated rings. The minimum absolute atomic E-state index is 0.725. The fraction of sp³-hybridized carbons (Fsp3) is 1.00. The van der Waals surface area contributed by atoms with Crippen LogP contribution in [0.15, 0.2) is 0 Å². The molecular formula is C15H28. The van der Waals surface area contributed by atoms with Crippen LogP contribution in [0.5, 0.6) is 0 Å². The summed E-state index contributed by atoms with van der Waals surface area (Å²) in [5.74, 6) is 5.02. The van der Waals surface area contributed by atoms with Gasteiger partial charge in [0.15, 0.2) is 0 Å². The van der Waals surface area contributed by atoms with Crippen molar-refractivity contribution in [1.29, 1.82) is 0 Å². The first-order chi connectivity index (χ1) is 7.01. The Kier molecular flexibility index (Phi) is 2.90. The molecule has 0 heteroatoms. The first-order valence-electron chi connectivity index (χ1n) is 7.01. The number of fused-ring (bicyclic) bond motifs is 1. The van der Waals surface area contributed by atoms with Gasteiger partial charge in [-0.15, -0.1) is 0 Å². The molecule has 0 heterocycles. The molecule has 0 aliphatic heterocycles. The molecule has 0 N–H and O–H groups in total. The summed E-state index contributed by atoms with van der Waals surface area (Å²) in [5.41, 5.74) is 0.725. The Morgan fingerprint density at radius 2 is 1.93 bits per heavy atom. The zero-order valence-corrected chi connectivity index (χ0v) is 11.2. The van der Waals surface area contributed by atoms with Crippen molar-refractivity contribution in [3.8, 4) is 0 Å². The van der Waals surface area contributed by atoms with Crippen molar-refractivity contribution in [3.63, 3.8) is 0 Å². The molecule has 5 atom stereocenters. The van der Waals surface area contributed by atoms with Gasteiger partial charge in [0.05, 0.1) is 0 Å². The highest BCUT2D eigenvalue weighted by Crippen LogP contribution is 2.70. The molecule has 0 aromatic heterocycles. The third-order valence-electron chi connectivity index (χ3n) is 5.74. The molecule has 0 amide bonds. The van der Waals surface area contributed by atoms with Crippen molar-refractivity contribution in [2.45, 2.75) is 60.3 Å². The van der Waals surface area contributed by atoms with Crippen LogP contribution in [0.25, 0.3) is 0 Å². The predicted molar refractivity (Wildman–Crippen MR) is 66.7 cm³/mol. The normalized spacial score (nSPS) is 49.2. The van der Waals surface area contributed by atoms with Crippen molar-refractivity contribution in [2.75, 3.05) is 0 Å². The second-order valence-corrected chi connectivity index (χ2v) is 6.74. The van der Waals surface area contributed by atoms with E-state index in [2.05, 4.69) is 34.6 Å².